The van der Waals surface area contributed by atoms with Gasteiger partial charge in [0.2, 0.25) is 0 Å². The molecule has 0 heterocycles. The van der Waals surface area contributed by atoms with Gasteiger partial charge in [0.1, 0.15) is 22.6 Å². The molecule has 0 aliphatic heterocycles. The van der Waals surface area contributed by atoms with Crippen molar-refractivity contribution in [3.8, 4) is 11.5 Å². The van der Waals surface area contributed by atoms with Crippen molar-refractivity contribution in [1.29, 1.82) is 0 Å². The van der Waals surface area contributed by atoms with Crippen LogP contribution in [0.1, 0.15) is 66.7 Å². The third-order valence-electron chi connectivity index (χ3n) is 4.18. The lowest BCUT2D eigenvalue weighted by Crippen LogP contribution is -2.06. The standard InChI is InChI=1S/2C13H16O3/c1-2-3-4-7-10-16-12-9-6-5-8-11(12)13(14)15;1-2-3-4-7-10-16-13(15)11-8-5-6-9-12(11)14/h5-10H,2-4H2,1H3,(H,14,15);3-6,8-9,14H,2,7,10H2,1H3/b;4-3-. The number of esters is 1. The average Bonchev–Trinajstić information content (AvgIpc) is 2.79. The van der Waals surface area contributed by atoms with Crippen molar-refractivity contribution in [2.45, 2.75) is 46.0 Å². The van der Waals surface area contributed by atoms with Crippen LogP contribution in [0.3, 0.4) is 0 Å². The number of phenolic OH excluding ortho intramolecular Hbond substituents is 1. The lowest BCUT2D eigenvalue weighted by atomic mass is 10.2. The first-order valence-electron chi connectivity index (χ1n) is 10.7. The molecule has 0 aromatic heterocycles. The van der Waals surface area contributed by atoms with E-state index in [-0.39, 0.29) is 16.9 Å². The Morgan fingerprint density at radius 1 is 0.906 bits per heavy atom. The minimum absolute atomic E-state index is 0.0448. The number of carboxylic acid groups (broad SMARTS) is 1. The highest BCUT2D eigenvalue weighted by Crippen LogP contribution is 2.18. The zero-order valence-corrected chi connectivity index (χ0v) is 18.7. The first-order chi connectivity index (χ1) is 15.5. The molecular formula is C26H32O6. The summed E-state index contributed by atoms with van der Waals surface area (Å²) in [6, 6.07) is 13.0. The van der Waals surface area contributed by atoms with Crippen LogP contribution >= 0.6 is 0 Å². The number of rotatable bonds is 11. The van der Waals surface area contributed by atoms with Gasteiger partial charge in [-0.3, -0.25) is 0 Å². The predicted octanol–water partition coefficient (Wildman–Crippen LogP) is 6.37. The fraction of sp³-hybridized carbons (Fsp3) is 0.308. The Hall–Kier alpha value is -3.54. The Kier molecular flexibility index (Phi) is 13.4. The topological polar surface area (TPSA) is 93.1 Å². The van der Waals surface area contributed by atoms with E-state index in [1.165, 1.54) is 12.1 Å². The van der Waals surface area contributed by atoms with Gasteiger partial charge in [0.05, 0.1) is 12.9 Å². The lowest BCUT2D eigenvalue weighted by molar-refractivity contribution is 0.0508. The number of hydrogen-bond acceptors (Lipinski definition) is 5. The number of aromatic carboxylic acids is 1. The number of phenols is 1. The van der Waals surface area contributed by atoms with Crippen molar-refractivity contribution in [2.75, 3.05) is 6.61 Å². The van der Waals surface area contributed by atoms with Gasteiger partial charge in [-0.15, -0.1) is 0 Å². The van der Waals surface area contributed by atoms with Crippen molar-refractivity contribution >= 4 is 11.9 Å². The highest BCUT2D eigenvalue weighted by atomic mass is 16.5. The van der Waals surface area contributed by atoms with E-state index in [1.54, 1.807) is 42.7 Å². The number of carbonyl (C=O) groups excluding carboxylic acids is 1. The van der Waals surface area contributed by atoms with Gasteiger partial charge < -0.3 is 19.7 Å². The van der Waals surface area contributed by atoms with Crippen LogP contribution in [-0.2, 0) is 4.74 Å². The molecule has 0 saturated carbocycles. The number of carbonyl (C=O) groups is 2. The van der Waals surface area contributed by atoms with Gasteiger partial charge in [-0.05, 0) is 56.0 Å². The summed E-state index contributed by atoms with van der Waals surface area (Å²) in [6.45, 7) is 4.50. The van der Waals surface area contributed by atoms with Gasteiger partial charge >= 0.3 is 11.9 Å². The average molecular weight is 441 g/mol. The van der Waals surface area contributed by atoms with E-state index in [0.29, 0.717) is 18.8 Å². The summed E-state index contributed by atoms with van der Waals surface area (Å²) < 4.78 is 10.3. The molecule has 0 fully saturated rings. The van der Waals surface area contributed by atoms with Gasteiger partial charge in [-0.1, -0.05) is 56.7 Å². The Morgan fingerprint density at radius 3 is 2.25 bits per heavy atom. The molecule has 6 heteroatoms. The minimum atomic E-state index is -0.974. The van der Waals surface area contributed by atoms with Gasteiger partial charge in [0.25, 0.3) is 0 Å². The molecule has 0 atom stereocenters. The molecule has 2 rings (SSSR count). The molecule has 0 spiro atoms. The Labute approximate surface area is 189 Å². The number of para-hydroxylation sites is 2. The van der Waals surface area contributed by atoms with E-state index < -0.39 is 11.9 Å². The minimum Gasteiger partial charge on any atom is -0.507 e. The monoisotopic (exact) mass is 440 g/mol. The van der Waals surface area contributed by atoms with Crippen LogP contribution in [0, 0.1) is 0 Å². The van der Waals surface area contributed by atoms with Crippen LogP contribution in [-0.4, -0.2) is 28.8 Å². The van der Waals surface area contributed by atoms with Crippen molar-refractivity contribution < 1.29 is 29.3 Å². The molecule has 0 aliphatic rings. The van der Waals surface area contributed by atoms with Gasteiger partial charge in [0, 0.05) is 0 Å². The van der Waals surface area contributed by atoms with Crippen LogP contribution in [0.5, 0.6) is 11.5 Å². The zero-order chi connectivity index (χ0) is 23.6. The second kappa shape index (κ2) is 16.2. The van der Waals surface area contributed by atoms with Crippen LogP contribution < -0.4 is 4.74 Å². The van der Waals surface area contributed by atoms with Crippen molar-refractivity contribution in [3.05, 3.63) is 84.1 Å². The van der Waals surface area contributed by atoms with E-state index in [4.69, 9.17) is 14.6 Å². The molecule has 2 aromatic rings. The molecule has 0 unspecified atom stereocenters. The van der Waals surface area contributed by atoms with E-state index in [0.717, 1.165) is 25.7 Å². The molecule has 0 saturated heterocycles. The molecular weight excluding hydrogens is 408 g/mol. The second-order valence-electron chi connectivity index (χ2n) is 6.75. The Morgan fingerprint density at radius 2 is 1.59 bits per heavy atom. The van der Waals surface area contributed by atoms with E-state index >= 15 is 0 Å². The van der Waals surface area contributed by atoms with Crippen molar-refractivity contribution in [3.63, 3.8) is 0 Å². The smallest absolute Gasteiger partial charge is 0.341 e. The Balaban J connectivity index is 0.000000320. The van der Waals surface area contributed by atoms with Crippen LogP contribution in [0.4, 0.5) is 0 Å². The predicted molar refractivity (Wildman–Crippen MR) is 125 cm³/mol. The van der Waals surface area contributed by atoms with Crippen LogP contribution in [0.15, 0.2) is 73.0 Å². The molecule has 0 aliphatic carbocycles. The maximum Gasteiger partial charge on any atom is 0.341 e. The highest BCUT2D eigenvalue weighted by Gasteiger charge is 2.10. The highest BCUT2D eigenvalue weighted by molar-refractivity contribution is 5.92. The second-order valence-corrected chi connectivity index (χ2v) is 6.75. The summed E-state index contributed by atoms with van der Waals surface area (Å²) in [7, 11) is 0. The molecule has 0 amide bonds. The molecule has 2 N–H and O–H groups in total. The summed E-state index contributed by atoms with van der Waals surface area (Å²) in [6.07, 6.45) is 12.3. The number of ether oxygens (including phenoxy) is 2. The number of benzene rings is 2. The molecule has 172 valence electrons. The number of hydrogen-bond donors (Lipinski definition) is 2. The largest absolute Gasteiger partial charge is 0.507 e. The van der Waals surface area contributed by atoms with Crippen molar-refractivity contribution in [1.82, 2.24) is 0 Å². The van der Waals surface area contributed by atoms with E-state index in [9.17, 15) is 14.7 Å². The number of allylic oxidation sites excluding steroid dienone is 2. The quantitative estimate of drug-likeness (QED) is 0.182. The van der Waals surface area contributed by atoms with E-state index in [2.05, 4.69) is 6.92 Å². The third-order valence-corrected chi connectivity index (χ3v) is 4.18. The fourth-order valence-corrected chi connectivity index (χ4v) is 2.49. The first-order valence-corrected chi connectivity index (χ1v) is 10.7. The summed E-state index contributed by atoms with van der Waals surface area (Å²) >= 11 is 0. The molecule has 32 heavy (non-hydrogen) atoms. The summed E-state index contributed by atoms with van der Waals surface area (Å²) in [5, 5.41) is 18.3. The SMILES string of the molecule is CC/C=C\CCOC(=O)c1ccccc1O.CCCCC=COc1ccccc1C(=O)O. The van der Waals surface area contributed by atoms with E-state index in [1.807, 2.05) is 25.2 Å². The molecule has 6 nitrogen and oxygen atoms in total. The Bertz CT molecular complexity index is 885. The third kappa shape index (κ3) is 10.5. The number of aromatic hydroxyl groups is 1. The van der Waals surface area contributed by atoms with Gasteiger partial charge in [0.15, 0.2) is 0 Å². The van der Waals surface area contributed by atoms with Crippen LogP contribution in [0.2, 0.25) is 0 Å². The first kappa shape index (κ1) is 26.5. The normalized spacial score (nSPS) is 10.6. The number of unbranched alkanes of at least 4 members (excludes halogenated alkanes) is 2. The lowest BCUT2D eigenvalue weighted by Gasteiger charge is -2.04. The zero-order valence-electron chi connectivity index (χ0n) is 18.7. The van der Waals surface area contributed by atoms with Crippen LogP contribution in [0.25, 0.3) is 0 Å². The van der Waals surface area contributed by atoms with Gasteiger partial charge in [-0.25, -0.2) is 9.59 Å². The number of carboxylic acids is 1. The molecule has 0 radical (unpaired) electrons. The molecule has 0 bridgehead atoms. The molecule has 2 aromatic carbocycles. The summed E-state index contributed by atoms with van der Waals surface area (Å²) in [5.41, 5.74) is 0.393. The maximum atomic E-state index is 11.5. The summed E-state index contributed by atoms with van der Waals surface area (Å²) in [4.78, 5) is 22.3. The van der Waals surface area contributed by atoms with Crippen molar-refractivity contribution in [2.24, 2.45) is 0 Å². The summed E-state index contributed by atoms with van der Waals surface area (Å²) in [5.74, 6) is -1.13. The fourth-order valence-electron chi connectivity index (χ4n) is 2.49. The maximum absolute atomic E-state index is 11.5. The van der Waals surface area contributed by atoms with Gasteiger partial charge in [-0.2, -0.15) is 0 Å².